The maximum Gasteiger partial charge on any atom is 0.269 e. The number of ketones is 1. The Balaban J connectivity index is 1.70. The van der Waals surface area contributed by atoms with E-state index in [0.29, 0.717) is 20.5 Å². The van der Waals surface area contributed by atoms with E-state index in [4.69, 9.17) is 4.42 Å². The van der Waals surface area contributed by atoms with Gasteiger partial charge in [-0.1, -0.05) is 74.9 Å². The second-order valence-electron chi connectivity index (χ2n) is 9.94. The van der Waals surface area contributed by atoms with Crippen molar-refractivity contribution < 1.29 is 14.0 Å². The molecule has 6 nitrogen and oxygen atoms in total. The van der Waals surface area contributed by atoms with E-state index in [1.165, 1.54) is 28.2 Å². The minimum Gasteiger partial charge on any atom is -0.467 e. The Hall–Kier alpha value is -3.97. The number of nitrogens with one attached hydrogen (secondary N) is 1. The molecule has 190 valence electrons. The lowest BCUT2D eigenvalue weighted by molar-refractivity contribution is -0.122. The van der Waals surface area contributed by atoms with Crippen LogP contribution in [-0.2, 0) is 23.3 Å². The lowest BCUT2D eigenvalue weighted by Gasteiger charge is -2.18. The maximum absolute atomic E-state index is 13.3. The molecule has 2 heterocycles. The summed E-state index contributed by atoms with van der Waals surface area (Å²) < 4.78 is 7.47. The van der Waals surface area contributed by atoms with E-state index in [2.05, 4.69) is 26.1 Å². The predicted octanol–water partition coefficient (Wildman–Crippen LogP) is 3.92. The molecule has 1 N–H and O–H groups in total. The molecule has 0 atom stereocenters. The van der Waals surface area contributed by atoms with E-state index in [1.54, 1.807) is 30.3 Å². The van der Waals surface area contributed by atoms with Crippen LogP contribution in [0.1, 0.15) is 53.6 Å². The Kier molecular flexibility index (Phi) is 7.74. The van der Waals surface area contributed by atoms with Crippen LogP contribution >= 0.6 is 11.3 Å². The zero-order chi connectivity index (χ0) is 26.6. The number of nitrogens with zero attached hydrogens (tertiary/aromatic N) is 1. The van der Waals surface area contributed by atoms with Gasteiger partial charge in [0, 0.05) is 11.6 Å². The molecule has 1 amide bonds. The molecular formula is C30H30N2O4S. The Morgan fingerprint density at radius 1 is 1.03 bits per heavy atom. The van der Waals surface area contributed by atoms with Crippen molar-refractivity contribution in [2.75, 3.05) is 0 Å². The number of aryl methyl sites for hydroxylation is 1. The molecular weight excluding hydrogens is 484 g/mol. The van der Waals surface area contributed by atoms with Crippen LogP contribution in [0, 0.1) is 6.92 Å². The first-order valence-electron chi connectivity index (χ1n) is 12.0. The highest BCUT2D eigenvalue weighted by Crippen LogP contribution is 2.22. The Bertz CT molecular complexity index is 1570. The fourth-order valence-electron chi connectivity index (χ4n) is 3.74. The monoisotopic (exact) mass is 514 g/mol. The predicted molar refractivity (Wildman–Crippen MR) is 147 cm³/mol. The molecule has 0 saturated carbocycles. The lowest BCUT2D eigenvalue weighted by atomic mass is 9.86. The molecule has 0 aliphatic heterocycles. The number of thiazole rings is 1. The number of aromatic nitrogens is 1. The van der Waals surface area contributed by atoms with E-state index in [-0.39, 0.29) is 35.8 Å². The zero-order valence-electron chi connectivity index (χ0n) is 21.4. The van der Waals surface area contributed by atoms with Crippen LogP contribution in [0.5, 0.6) is 0 Å². The fourth-order valence-corrected chi connectivity index (χ4v) is 4.78. The fraction of sp³-hybridized carbons (Fsp3) is 0.233. The second-order valence-corrected chi connectivity index (χ2v) is 11.0. The van der Waals surface area contributed by atoms with E-state index in [0.717, 1.165) is 16.7 Å². The first-order chi connectivity index (χ1) is 17.6. The summed E-state index contributed by atoms with van der Waals surface area (Å²) in [5.74, 6) is 0.0308. The molecule has 4 rings (SSSR count). The number of benzene rings is 2. The van der Waals surface area contributed by atoms with Gasteiger partial charge in [-0.25, -0.2) is 0 Å². The summed E-state index contributed by atoms with van der Waals surface area (Å²) in [6.07, 6.45) is 4.75. The average Bonchev–Trinajstić information content (AvgIpc) is 3.48. The standard InChI is InChI=1S/C30H30N2O4S/c1-20-7-9-21(10-8-20)16-26-29(35)32(19-27(34)31-18-24-6-5-15-36-24)28(37-26)17-25(33)22-11-13-23(14-12-22)30(2,3)4/h5-17H,18-19H2,1-4H3,(H,31,34)/b26-16-,28-17-. The van der Waals surface area contributed by atoms with Crippen molar-refractivity contribution in [1.82, 2.24) is 9.88 Å². The van der Waals surface area contributed by atoms with Gasteiger partial charge in [0.1, 0.15) is 17.0 Å². The largest absolute Gasteiger partial charge is 0.467 e. The topological polar surface area (TPSA) is 81.3 Å². The molecule has 2 aromatic heterocycles. The smallest absolute Gasteiger partial charge is 0.269 e. The van der Waals surface area contributed by atoms with Crippen LogP contribution in [0.15, 0.2) is 76.1 Å². The van der Waals surface area contributed by atoms with Crippen LogP contribution in [0.3, 0.4) is 0 Å². The van der Waals surface area contributed by atoms with Gasteiger partial charge in [0.25, 0.3) is 5.56 Å². The molecule has 0 aliphatic rings. The van der Waals surface area contributed by atoms with Gasteiger partial charge in [-0.05, 0) is 41.7 Å². The molecule has 0 unspecified atom stereocenters. The Morgan fingerprint density at radius 3 is 2.35 bits per heavy atom. The molecule has 2 aromatic carbocycles. The van der Waals surface area contributed by atoms with Gasteiger partial charge in [-0.3, -0.25) is 19.0 Å². The van der Waals surface area contributed by atoms with E-state index < -0.39 is 0 Å². The normalized spacial score (nSPS) is 12.6. The highest BCUT2D eigenvalue weighted by Gasteiger charge is 2.15. The maximum atomic E-state index is 13.3. The number of rotatable bonds is 7. The number of amides is 1. The van der Waals surface area contributed by atoms with Gasteiger partial charge in [-0.2, -0.15) is 0 Å². The third kappa shape index (κ3) is 6.62. The van der Waals surface area contributed by atoms with Gasteiger partial charge in [0.05, 0.1) is 17.3 Å². The van der Waals surface area contributed by atoms with Gasteiger partial charge >= 0.3 is 0 Å². The van der Waals surface area contributed by atoms with Crippen molar-refractivity contribution in [3.63, 3.8) is 0 Å². The third-order valence-corrected chi connectivity index (χ3v) is 7.00. The van der Waals surface area contributed by atoms with Crippen molar-refractivity contribution in [3.8, 4) is 0 Å². The second kappa shape index (κ2) is 11.0. The highest BCUT2D eigenvalue weighted by atomic mass is 32.1. The highest BCUT2D eigenvalue weighted by molar-refractivity contribution is 7.07. The number of hydrogen-bond donors (Lipinski definition) is 1. The molecule has 0 spiro atoms. The van der Waals surface area contributed by atoms with Crippen LogP contribution < -0.4 is 20.1 Å². The Labute approximate surface area is 219 Å². The summed E-state index contributed by atoms with van der Waals surface area (Å²) in [6.45, 7) is 8.34. The van der Waals surface area contributed by atoms with Crippen LogP contribution in [0.25, 0.3) is 12.2 Å². The minimum absolute atomic E-state index is 0.0246. The van der Waals surface area contributed by atoms with Gasteiger partial charge in [0.15, 0.2) is 5.78 Å². The van der Waals surface area contributed by atoms with Crippen LogP contribution in [0.2, 0.25) is 0 Å². The molecule has 7 heteroatoms. The van der Waals surface area contributed by atoms with Gasteiger partial charge in [-0.15, -0.1) is 11.3 Å². The van der Waals surface area contributed by atoms with E-state index >= 15 is 0 Å². The molecule has 37 heavy (non-hydrogen) atoms. The van der Waals surface area contributed by atoms with Crippen molar-refractivity contribution in [1.29, 1.82) is 0 Å². The van der Waals surface area contributed by atoms with Gasteiger partial charge < -0.3 is 9.73 Å². The molecule has 0 fully saturated rings. The van der Waals surface area contributed by atoms with Crippen molar-refractivity contribution >= 4 is 35.2 Å². The third-order valence-electron chi connectivity index (χ3n) is 5.94. The van der Waals surface area contributed by atoms with E-state index in [1.807, 2.05) is 43.3 Å². The number of carbonyl (C=O) groups is 2. The summed E-state index contributed by atoms with van der Waals surface area (Å²) in [6, 6.07) is 18.8. The SMILES string of the molecule is Cc1ccc(/C=c2\s/c(=C\C(=O)c3ccc(C(C)(C)C)cc3)n(CC(=O)NCc3ccco3)c2=O)cc1. The van der Waals surface area contributed by atoms with E-state index in [9.17, 15) is 14.4 Å². The van der Waals surface area contributed by atoms with Crippen LogP contribution in [-0.4, -0.2) is 16.3 Å². The summed E-state index contributed by atoms with van der Waals surface area (Å²) in [4.78, 5) is 39.1. The first kappa shape index (κ1) is 26.1. The molecule has 4 aromatic rings. The number of Topliss-reactive ketones (excluding diaryl/α,β-unsaturated/α-hetero) is 1. The van der Waals surface area contributed by atoms with Crippen molar-refractivity contribution in [3.05, 3.63) is 114 Å². The number of furan rings is 1. The summed E-state index contributed by atoms with van der Waals surface area (Å²) in [5.41, 5.74) is 3.29. The summed E-state index contributed by atoms with van der Waals surface area (Å²) in [5, 5.41) is 2.76. The minimum atomic E-state index is -0.352. The Morgan fingerprint density at radius 2 is 1.73 bits per heavy atom. The zero-order valence-corrected chi connectivity index (χ0v) is 22.2. The molecule has 0 bridgehead atoms. The lowest BCUT2D eigenvalue weighted by Crippen LogP contribution is -2.38. The first-order valence-corrected chi connectivity index (χ1v) is 12.9. The summed E-state index contributed by atoms with van der Waals surface area (Å²) >= 11 is 1.19. The van der Waals surface area contributed by atoms with Gasteiger partial charge in [0.2, 0.25) is 5.91 Å². The molecule has 0 aliphatic carbocycles. The number of carbonyl (C=O) groups excluding carboxylic acids is 2. The quantitative estimate of drug-likeness (QED) is 0.379. The summed E-state index contributed by atoms with van der Waals surface area (Å²) in [7, 11) is 0. The average molecular weight is 515 g/mol. The van der Waals surface area contributed by atoms with Crippen molar-refractivity contribution in [2.24, 2.45) is 0 Å². The van der Waals surface area contributed by atoms with Crippen molar-refractivity contribution in [2.45, 2.75) is 46.2 Å². The molecule has 0 radical (unpaired) electrons. The molecule has 0 saturated heterocycles. The van der Waals surface area contributed by atoms with Crippen LogP contribution in [0.4, 0.5) is 0 Å². The number of hydrogen-bond acceptors (Lipinski definition) is 5.